The molecule has 2 rings (SSSR count). The monoisotopic (exact) mass is 294 g/mol. The predicted molar refractivity (Wildman–Crippen MR) is 88.9 cm³/mol. The van der Waals surface area contributed by atoms with Crippen LogP contribution < -0.4 is 0 Å². The van der Waals surface area contributed by atoms with Gasteiger partial charge in [0, 0.05) is 11.0 Å². The first-order valence-corrected chi connectivity index (χ1v) is 9.32. The van der Waals surface area contributed by atoms with Crippen molar-refractivity contribution in [3.63, 3.8) is 0 Å². The summed E-state index contributed by atoms with van der Waals surface area (Å²) >= 11 is 1.84. The van der Waals surface area contributed by atoms with Crippen molar-refractivity contribution in [1.82, 2.24) is 0 Å². The number of fused-ring (bicyclic) bond motifs is 1. The van der Waals surface area contributed by atoms with Crippen molar-refractivity contribution < 1.29 is 4.79 Å². The van der Waals surface area contributed by atoms with Crippen molar-refractivity contribution in [2.75, 3.05) is 5.75 Å². The molecule has 20 heavy (non-hydrogen) atoms. The fourth-order valence-electron chi connectivity index (χ4n) is 4.38. The second-order valence-corrected chi connectivity index (χ2v) is 8.52. The van der Waals surface area contributed by atoms with Crippen LogP contribution in [0, 0.1) is 16.7 Å². The van der Waals surface area contributed by atoms with Crippen LogP contribution in [0.4, 0.5) is 0 Å². The van der Waals surface area contributed by atoms with E-state index in [4.69, 9.17) is 0 Å². The Morgan fingerprint density at radius 1 is 1.30 bits per heavy atom. The maximum Gasteiger partial charge on any atom is 0.165 e. The van der Waals surface area contributed by atoms with Gasteiger partial charge in [0.15, 0.2) is 5.78 Å². The molecule has 2 saturated carbocycles. The lowest BCUT2D eigenvalue weighted by molar-refractivity contribution is -0.137. The zero-order valence-corrected chi connectivity index (χ0v) is 14.4. The molecule has 0 amide bonds. The lowest BCUT2D eigenvalue weighted by atomic mass is 9.51. The normalized spacial score (nSPS) is 35.1. The largest absolute Gasteiger partial charge is 0.294 e. The summed E-state index contributed by atoms with van der Waals surface area (Å²) in [4.78, 5) is 13.0. The molecule has 0 bridgehead atoms. The lowest BCUT2D eigenvalue weighted by Crippen LogP contribution is -2.49. The van der Waals surface area contributed by atoms with Gasteiger partial charge in [-0.25, -0.2) is 0 Å². The molecule has 2 fully saturated rings. The van der Waals surface area contributed by atoms with E-state index in [1.54, 1.807) is 0 Å². The fourth-order valence-corrected chi connectivity index (χ4v) is 5.38. The molecule has 0 aromatic rings. The molecule has 2 unspecified atom stereocenters. The molecule has 0 heterocycles. The Bertz CT molecular complexity index is 396. The van der Waals surface area contributed by atoms with Crippen LogP contribution in [0.3, 0.4) is 0 Å². The highest BCUT2D eigenvalue weighted by Crippen LogP contribution is 2.57. The first-order chi connectivity index (χ1) is 9.42. The number of unbranched alkanes of at least 4 members (excludes halogenated alkanes) is 1. The van der Waals surface area contributed by atoms with E-state index in [-0.39, 0.29) is 5.41 Å². The quantitative estimate of drug-likeness (QED) is 0.496. The summed E-state index contributed by atoms with van der Waals surface area (Å²) in [5.74, 6) is 2.19. The lowest BCUT2D eigenvalue weighted by Gasteiger charge is -2.52. The van der Waals surface area contributed by atoms with Crippen LogP contribution in [-0.2, 0) is 4.79 Å². The average Bonchev–Trinajstić information content (AvgIpc) is 2.38. The molecule has 2 atom stereocenters. The van der Waals surface area contributed by atoms with Gasteiger partial charge in [-0.2, -0.15) is 0 Å². The number of carbonyl (C=O) groups is 1. The smallest absolute Gasteiger partial charge is 0.165 e. The summed E-state index contributed by atoms with van der Waals surface area (Å²) in [6.45, 7) is 9.19. The summed E-state index contributed by atoms with van der Waals surface area (Å²) in [5.41, 5.74) is 1.36. The van der Waals surface area contributed by atoms with Crippen LogP contribution in [0.2, 0.25) is 0 Å². The van der Waals surface area contributed by atoms with Crippen LogP contribution in [0.5, 0.6) is 0 Å². The van der Waals surface area contributed by atoms with Gasteiger partial charge in [0.25, 0.3) is 0 Å². The first-order valence-electron chi connectivity index (χ1n) is 8.27. The van der Waals surface area contributed by atoms with Crippen LogP contribution in [-0.4, -0.2) is 11.5 Å². The molecule has 0 spiro atoms. The van der Waals surface area contributed by atoms with Gasteiger partial charge in [0.2, 0.25) is 0 Å². The topological polar surface area (TPSA) is 17.1 Å². The van der Waals surface area contributed by atoms with Crippen molar-refractivity contribution in [1.29, 1.82) is 0 Å². The molecule has 0 aliphatic heterocycles. The van der Waals surface area contributed by atoms with Crippen LogP contribution in [0.25, 0.3) is 0 Å². The number of hydrogen-bond acceptors (Lipinski definition) is 2. The molecule has 2 aliphatic rings. The van der Waals surface area contributed by atoms with Gasteiger partial charge in [-0.1, -0.05) is 40.5 Å². The summed E-state index contributed by atoms with van der Waals surface area (Å²) in [5, 5.41) is 2.18. The number of hydrogen-bond donors (Lipinski definition) is 0. The molecule has 0 aromatic carbocycles. The Labute approximate surface area is 129 Å². The fraction of sp³-hybridized carbons (Fsp3) is 0.833. The van der Waals surface area contributed by atoms with E-state index in [2.05, 4.69) is 33.1 Å². The zero-order valence-electron chi connectivity index (χ0n) is 13.6. The second kappa shape index (κ2) is 6.25. The molecule has 2 heteroatoms. The van der Waals surface area contributed by atoms with E-state index in [0.29, 0.717) is 17.1 Å². The number of Topliss-reactive ketones (excluding diaryl/α,β-unsaturated/α-hetero) is 1. The molecular weight excluding hydrogens is 264 g/mol. The SMILES string of the molecule is CCCCS/C=C1\CCC2C(C)(C)CCCC2(C)C1=O. The van der Waals surface area contributed by atoms with Gasteiger partial charge in [0.1, 0.15) is 0 Å². The highest BCUT2D eigenvalue weighted by molar-refractivity contribution is 8.02. The van der Waals surface area contributed by atoms with Gasteiger partial charge in [-0.3, -0.25) is 4.79 Å². The molecule has 1 nitrogen and oxygen atoms in total. The second-order valence-electron chi connectivity index (χ2n) is 7.55. The third-order valence-electron chi connectivity index (χ3n) is 5.58. The van der Waals surface area contributed by atoms with E-state index in [1.165, 1.54) is 32.1 Å². The third-order valence-corrected chi connectivity index (χ3v) is 6.56. The minimum Gasteiger partial charge on any atom is -0.294 e. The maximum absolute atomic E-state index is 13.0. The Morgan fingerprint density at radius 2 is 2.05 bits per heavy atom. The number of ketones is 1. The minimum absolute atomic E-state index is 0.0862. The van der Waals surface area contributed by atoms with Crippen molar-refractivity contribution in [2.24, 2.45) is 16.7 Å². The Balaban J connectivity index is 2.11. The standard InChI is InChI=1S/C18H30OS/c1-5-6-12-20-13-14-8-9-15-17(2,3)10-7-11-18(15,4)16(14)19/h13,15H,5-12H2,1-4H3/b14-13+. The van der Waals surface area contributed by atoms with E-state index < -0.39 is 0 Å². The first kappa shape index (κ1) is 16.1. The third kappa shape index (κ3) is 3.00. The zero-order chi connectivity index (χ0) is 14.8. The number of allylic oxidation sites excluding steroid dienone is 1. The maximum atomic E-state index is 13.0. The Morgan fingerprint density at radius 3 is 2.75 bits per heavy atom. The average molecular weight is 295 g/mol. The molecular formula is C18H30OS. The molecule has 0 N–H and O–H groups in total. The van der Waals surface area contributed by atoms with Crippen molar-refractivity contribution in [3.05, 3.63) is 11.0 Å². The van der Waals surface area contributed by atoms with Crippen molar-refractivity contribution >= 4 is 17.5 Å². The summed E-state index contributed by atoms with van der Waals surface area (Å²) < 4.78 is 0. The van der Waals surface area contributed by atoms with E-state index in [9.17, 15) is 4.79 Å². The summed E-state index contributed by atoms with van der Waals surface area (Å²) in [6.07, 6.45) is 8.27. The highest BCUT2D eigenvalue weighted by Gasteiger charge is 2.53. The number of carbonyl (C=O) groups excluding carboxylic acids is 1. The summed E-state index contributed by atoms with van der Waals surface area (Å²) in [7, 11) is 0. The predicted octanol–water partition coefficient (Wildman–Crippen LogP) is 5.60. The summed E-state index contributed by atoms with van der Waals surface area (Å²) in [6, 6.07) is 0. The van der Waals surface area contributed by atoms with Gasteiger partial charge >= 0.3 is 0 Å². The Hall–Kier alpha value is -0.240. The van der Waals surface area contributed by atoms with E-state index in [1.807, 2.05) is 11.8 Å². The van der Waals surface area contributed by atoms with Crippen molar-refractivity contribution in [2.45, 2.75) is 72.6 Å². The molecule has 0 radical (unpaired) electrons. The van der Waals surface area contributed by atoms with E-state index >= 15 is 0 Å². The van der Waals surface area contributed by atoms with Gasteiger partial charge in [-0.05, 0) is 54.6 Å². The number of thioether (sulfide) groups is 1. The van der Waals surface area contributed by atoms with Gasteiger partial charge < -0.3 is 0 Å². The molecule has 0 aromatic heterocycles. The molecule has 2 aliphatic carbocycles. The van der Waals surface area contributed by atoms with Crippen LogP contribution in [0.1, 0.15) is 72.6 Å². The highest BCUT2D eigenvalue weighted by atomic mass is 32.2. The van der Waals surface area contributed by atoms with Crippen LogP contribution in [0.15, 0.2) is 11.0 Å². The van der Waals surface area contributed by atoms with Crippen LogP contribution >= 0.6 is 11.8 Å². The molecule has 114 valence electrons. The van der Waals surface area contributed by atoms with Gasteiger partial charge in [0.05, 0.1) is 0 Å². The number of rotatable bonds is 4. The van der Waals surface area contributed by atoms with E-state index in [0.717, 1.165) is 24.2 Å². The van der Waals surface area contributed by atoms with Gasteiger partial charge in [-0.15, -0.1) is 11.8 Å². The minimum atomic E-state index is -0.0862. The Kier molecular flexibility index (Phi) is 5.05. The molecule has 0 saturated heterocycles. The van der Waals surface area contributed by atoms with Crippen molar-refractivity contribution in [3.8, 4) is 0 Å².